The van der Waals surface area contributed by atoms with Crippen LogP contribution in [0.3, 0.4) is 0 Å². The fourth-order valence-electron chi connectivity index (χ4n) is 2.80. The van der Waals surface area contributed by atoms with Crippen LogP contribution < -0.4 is 9.47 Å². The number of ether oxygens (including phenoxy) is 2. The van der Waals surface area contributed by atoms with Crippen molar-refractivity contribution in [3.63, 3.8) is 0 Å². The lowest BCUT2D eigenvalue weighted by Crippen LogP contribution is -2.51. The van der Waals surface area contributed by atoms with E-state index in [1.54, 1.807) is 17.1 Å². The van der Waals surface area contributed by atoms with Gasteiger partial charge in [-0.1, -0.05) is 19.9 Å². The smallest absolute Gasteiger partial charge is 0.246 e. The number of benzene rings is 1. The second-order valence-electron chi connectivity index (χ2n) is 6.25. The zero-order chi connectivity index (χ0) is 17.1. The summed E-state index contributed by atoms with van der Waals surface area (Å²) < 4.78 is 10.6. The number of rotatable bonds is 3. The first-order valence-corrected chi connectivity index (χ1v) is 8.20. The third kappa shape index (κ3) is 3.53. The van der Waals surface area contributed by atoms with E-state index in [2.05, 4.69) is 0 Å². The van der Waals surface area contributed by atoms with Crippen LogP contribution >= 0.6 is 0 Å². The molecule has 2 aliphatic rings. The van der Waals surface area contributed by atoms with Crippen molar-refractivity contribution in [1.29, 1.82) is 0 Å². The van der Waals surface area contributed by atoms with Gasteiger partial charge < -0.3 is 19.3 Å². The van der Waals surface area contributed by atoms with Gasteiger partial charge in [-0.05, 0) is 23.8 Å². The molecule has 0 aromatic heterocycles. The molecule has 1 fully saturated rings. The predicted molar refractivity (Wildman–Crippen MR) is 89.6 cm³/mol. The van der Waals surface area contributed by atoms with Crippen molar-refractivity contribution in [2.24, 2.45) is 5.92 Å². The normalized spacial score (nSPS) is 17.0. The molecule has 1 aromatic carbocycles. The summed E-state index contributed by atoms with van der Waals surface area (Å²) in [4.78, 5) is 27.9. The summed E-state index contributed by atoms with van der Waals surface area (Å²) in [6, 6.07) is 5.57. The van der Waals surface area contributed by atoms with E-state index >= 15 is 0 Å². The molecule has 0 unspecified atom stereocenters. The second kappa shape index (κ2) is 6.95. The number of nitrogens with zero attached hydrogens (tertiary/aromatic N) is 2. The number of amides is 2. The molecular weight excluding hydrogens is 308 g/mol. The van der Waals surface area contributed by atoms with E-state index in [0.717, 1.165) is 11.3 Å². The molecule has 2 amide bonds. The molecule has 0 N–H and O–H groups in total. The molecule has 0 saturated carbocycles. The highest BCUT2D eigenvalue weighted by Crippen LogP contribution is 2.32. The number of hydrogen-bond acceptors (Lipinski definition) is 4. The van der Waals surface area contributed by atoms with Crippen LogP contribution in [0.1, 0.15) is 19.4 Å². The molecule has 6 nitrogen and oxygen atoms in total. The Bertz CT molecular complexity index is 661. The van der Waals surface area contributed by atoms with Gasteiger partial charge in [0.2, 0.25) is 18.6 Å². The molecule has 24 heavy (non-hydrogen) atoms. The van der Waals surface area contributed by atoms with Crippen molar-refractivity contribution >= 4 is 17.9 Å². The van der Waals surface area contributed by atoms with Crippen molar-refractivity contribution in [1.82, 2.24) is 9.80 Å². The van der Waals surface area contributed by atoms with E-state index in [4.69, 9.17) is 9.47 Å². The number of carbonyl (C=O) groups is 2. The molecule has 2 heterocycles. The lowest BCUT2D eigenvalue weighted by molar-refractivity contribution is -0.139. The summed E-state index contributed by atoms with van der Waals surface area (Å²) in [5, 5.41) is 0. The Morgan fingerprint density at radius 1 is 1.04 bits per heavy atom. The maximum atomic E-state index is 12.3. The van der Waals surface area contributed by atoms with Crippen molar-refractivity contribution in [2.75, 3.05) is 33.0 Å². The molecule has 0 aliphatic carbocycles. The average molecular weight is 330 g/mol. The predicted octanol–water partition coefficient (Wildman–Crippen LogP) is 1.76. The molecular formula is C18H22N2O4. The molecule has 0 radical (unpaired) electrons. The first-order valence-electron chi connectivity index (χ1n) is 8.20. The van der Waals surface area contributed by atoms with Crippen LogP contribution in [-0.2, 0) is 9.59 Å². The highest BCUT2D eigenvalue weighted by Gasteiger charge is 2.24. The standard InChI is InChI=1S/C18H22N2O4/c1-13(2)18(22)20-9-7-19(8-10-20)17(21)6-4-14-3-5-15-16(11-14)24-12-23-15/h3-6,11,13H,7-10,12H2,1-2H3/b6-4+. The van der Waals surface area contributed by atoms with Crippen molar-refractivity contribution in [3.8, 4) is 11.5 Å². The van der Waals surface area contributed by atoms with Crippen LogP contribution in [0.4, 0.5) is 0 Å². The van der Waals surface area contributed by atoms with Crippen molar-refractivity contribution < 1.29 is 19.1 Å². The zero-order valence-electron chi connectivity index (χ0n) is 14.0. The SMILES string of the molecule is CC(C)C(=O)N1CCN(C(=O)/C=C/c2ccc3c(c2)OCO3)CC1. The van der Waals surface area contributed by atoms with Gasteiger partial charge in [0.25, 0.3) is 0 Å². The average Bonchev–Trinajstić information content (AvgIpc) is 3.06. The highest BCUT2D eigenvalue weighted by molar-refractivity contribution is 5.92. The van der Waals surface area contributed by atoms with Crippen LogP contribution in [0.15, 0.2) is 24.3 Å². The molecule has 0 bridgehead atoms. The summed E-state index contributed by atoms with van der Waals surface area (Å²) in [6.45, 7) is 6.37. The van der Waals surface area contributed by atoms with Gasteiger partial charge in [-0.3, -0.25) is 9.59 Å². The largest absolute Gasteiger partial charge is 0.454 e. The topological polar surface area (TPSA) is 59.1 Å². The van der Waals surface area contributed by atoms with Gasteiger partial charge in [0.15, 0.2) is 11.5 Å². The third-order valence-electron chi connectivity index (χ3n) is 4.21. The van der Waals surface area contributed by atoms with E-state index in [9.17, 15) is 9.59 Å². The highest BCUT2D eigenvalue weighted by atomic mass is 16.7. The summed E-state index contributed by atoms with van der Waals surface area (Å²) in [6.07, 6.45) is 3.34. The Balaban J connectivity index is 1.55. The molecule has 3 rings (SSSR count). The van der Waals surface area contributed by atoms with Crippen molar-refractivity contribution in [3.05, 3.63) is 29.8 Å². The van der Waals surface area contributed by atoms with E-state index in [0.29, 0.717) is 31.9 Å². The second-order valence-corrected chi connectivity index (χ2v) is 6.25. The Morgan fingerprint density at radius 2 is 1.71 bits per heavy atom. The van der Waals surface area contributed by atoms with Crippen LogP contribution in [-0.4, -0.2) is 54.6 Å². The summed E-state index contributed by atoms with van der Waals surface area (Å²) in [7, 11) is 0. The molecule has 1 saturated heterocycles. The maximum absolute atomic E-state index is 12.3. The molecule has 128 valence electrons. The third-order valence-corrected chi connectivity index (χ3v) is 4.21. The molecule has 2 aliphatic heterocycles. The summed E-state index contributed by atoms with van der Waals surface area (Å²) >= 11 is 0. The minimum Gasteiger partial charge on any atom is -0.454 e. The minimum absolute atomic E-state index is 0.00171. The number of fused-ring (bicyclic) bond motifs is 1. The maximum Gasteiger partial charge on any atom is 0.246 e. The quantitative estimate of drug-likeness (QED) is 0.793. The fourth-order valence-corrected chi connectivity index (χ4v) is 2.80. The Kier molecular flexibility index (Phi) is 4.74. The molecule has 1 aromatic rings. The van der Waals surface area contributed by atoms with E-state index in [1.165, 1.54) is 0 Å². The number of piperazine rings is 1. The molecule has 0 atom stereocenters. The van der Waals surface area contributed by atoms with Crippen LogP contribution in [0.2, 0.25) is 0 Å². The lowest BCUT2D eigenvalue weighted by atomic mass is 10.1. The lowest BCUT2D eigenvalue weighted by Gasteiger charge is -2.35. The van der Waals surface area contributed by atoms with Gasteiger partial charge in [0.05, 0.1) is 0 Å². The Hall–Kier alpha value is -2.50. The van der Waals surface area contributed by atoms with Gasteiger partial charge in [-0.25, -0.2) is 0 Å². The zero-order valence-corrected chi connectivity index (χ0v) is 14.0. The molecule has 0 spiro atoms. The monoisotopic (exact) mass is 330 g/mol. The minimum atomic E-state index is -0.0377. The van der Waals surface area contributed by atoms with E-state index in [1.807, 2.05) is 36.9 Å². The first-order chi connectivity index (χ1) is 11.5. The van der Waals surface area contributed by atoms with Gasteiger partial charge in [0, 0.05) is 38.2 Å². The van der Waals surface area contributed by atoms with Gasteiger partial charge in [-0.15, -0.1) is 0 Å². The molecule has 6 heteroatoms. The fraction of sp³-hybridized carbons (Fsp3) is 0.444. The van der Waals surface area contributed by atoms with Crippen molar-refractivity contribution in [2.45, 2.75) is 13.8 Å². The Morgan fingerprint density at radius 3 is 2.42 bits per heavy atom. The van der Waals surface area contributed by atoms with E-state index < -0.39 is 0 Å². The van der Waals surface area contributed by atoms with Gasteiger partial charge in [0.1, 0.15) is 0 Å². The number of carbonyl (C=O) groups excluding carboxylic acids is 2. The van der Waals surface area contributed by atoms with Crippen LogP contribution in [0, 0.1) is 5.92 Å². The van der Waals surface area contributed by atoms with E-state index in [-0.39, 0.29) is 24.5 Å². The first kappa shape index (κ1) is 16.4. The summed E-state index contributed by atoms with van der Waals surface area (Å²) in [5.41, 5.74) is 0.890. The van der Waals surface area contributed by atoms with Gasteiger partial charge >= 0.3 is 0 Å². The van der Waals surface area contributed by atoms with Crippen LogP contribution in [0.5, 0.6) is 11.5 Å². The van der Waals surface area contributed by atoms with Gasteiger partial charge in [-0.2, -0.15) is 0 Å². The number of hydrogen-bond donors (Lipinski definition) is 0. The summed E-state index contributed by atoms with van der Waals surface area (Å²) in [5.74, 6) is 1.54. The van der Waals surface area contributed by atoms with Crippen LogP contribution in [0.25, 0.3) is 6.08 Å². The Labute approximate surface area is 141 Å².